The zero-order chi connectivity index (χ0) is 12.4. The molecule has 0 radical (unpaired) electrons. The SMILES string of the molecule is C#CCN1C(=O)N=C(N)C1c1cnccc1C. The summed E-state index contributed by atoms with van der Waals surface area (Å²) in [5.74, 6) is 2.70. The van der Waals surface area contributed by atoms with E-state index in [9.17, 15) is 4.79 Å². The van der Waals surface area contributed by atoms with E-state index < -0.39 is 12.1 Å². The number of urea groups is 1. The Kier molecular flexibility index (Phi) is 2.79. The lowest BCUT2D eigenvalue weighted by Crippen LogP contribution is -2.34. The number of pyridine rings is 1. The highest BCUT2D eigenvalue weighted by molar-refractivity contribution is 6.03. The number of rotatable bonds is 2. The van der Waals surface area contributed by atoms with Crippen molar-refractivity contribution in [3.63, 3.8) is 0 Å². The van der Waals surface area contributed by atoms with Crippen molar-refractivity contribution in [3.05, 3.63) is 29.6 Å². The number of hydrogen-bond acceptors (Lipinski definition) is 3. The zero-order valence-corrected chi connectivity index (χ0v) is 9.42. The number of amides is 2. The summed E-state index contributed by atoms with van der Waals surface area (Å²) in [7, 11) is 0. The summed E-state index contributed by atoms with van der Waals surface area (Å²) in [5.41, 5.74) is 7.64. The molecule has 2 amide bonds. The first-order valence-corrected chi connectivity index (χ1v) is 5.13. The molecule has 1 atom stereocenters. The Labute approximate surface area is 99.4 Å². The van der Waals surface area contributed by atoms with E-state index in [1.54, 1.807) is 12.4 Å². The number of aryl methyl sites for hydroxylation is 1. The predicted molar refractivity (Wildman–Crippen MR) is 64.3 cm³/mol. The van der Waals surface area contributed by atoms with Crippen LogP contribution in [0, 0.1) is 19.3 Å². The Morgan fingerprint density at radius 2 is 2.41 bits per heavy atom. The van der Waals surface area contributed by atoms with Gasteiger partial charge in [-0.3, -0.25) is 9.88 Å². The van der Waals surface area contributed by atoms with E-state index in [2.05, 4.69) is 15.9 Å². The number of terminal acetylenes is 1. The molecule has 1 unspecified atom stereocenters. The van der Waals surface area contributed by atoms with Crippen molar-refractivity contribution in [2.75, 3.05) is 6.54 Å². The molecule has 0 aliphatic carbocycles. The van der Waals surface area contributed by atoms with Crippen LogP contribution in [0.15, 0.2) is 23.5 Å². The van der Waals surface area contributed by atoms with Crippen LogP contribution in [0.25, 0.3) is 0 Å². The van der Waals surface area contributed by atoms with Crippen molar-refractivity contribution in [2.45, 2.75) is 13.0 Å². The van der Waals surface area contributed by atoms with E-state index in [1.165, 1.54) is 4.90 Å². The maximum atomic E-state index is 11.6. The summed E-state index contributed by atoms with van der Waals surface area (Å²) < 4.78 is 0. The average molecular weight is 228 g/mol. The molecule has 2 N–H and O–H groups in total. The van der Waals surface area contributed by atoms with Crippen LogP contribution in [0.4, 0.5) is 4.79 Å². The van der Waals surface area contributed by atoms with E-state index in [4.69, 9.17) is 12.2 Å². The standard InChI is InChI=1S/C12H12N4O/c1-3-6-16-10(11(13)15-12(16)17)9-7-14-5-4-8(9)2/h1,4-5,7,10H,6H2,2H3,(H2,13,15,17). The highest BCUT2D eigenvalue weighted by atomic mass is 16.2. The van der Waals surface area contributed by atoms with Crippen LogP contribution in [0.3, 0.4) is 0 Å². The number of carbonyl (C=O) groups is 1. The Bertz CT molecular complexity index is 530. The zero-order valence-electron chi connectivity index (χ0n) is 9.42. The molecule has 0 saturated carbocycles. The normalized spacial score (nSPS) is 19.1. The summed E-state index contributed by atoms with van der Waals surface area (Å²) in [4.78, 5) is 20.9. The van der Waals surface area contributed by atoms with Gasteiger partial charge in [-0.1, -0.05) is 5.92 Å². The Balaban J connectivity index is 2.43. The third-order valence-corrected chi connectivity index (χ3v) is 2.70. The van der Waals surface area contributed by atoms with Crippen molar-refractivity contribution >= 4 is 11.9 Å². The highest BCUT2D eigenvalue weighted by Gasteiger charge is 2.34. The second-order valence-electron chi connectivity index (χ2n) is 3.79. The molecule has 2 heterocycles. The van der Waals surface area contributed by atoms with E-state index in [-0.39, 0.29) is 12.4 Å². The van der Waals surface area contributed by atoms with Gasteiger partial charge in [0.2, 0.25) is 0 Å². The number of carbonyl (C=O) groups excluding carboxylic acids is 1. The van der Waals surface area contributed by atoms with E-state index in [0.717, 1.165) is 11.1 Å². The molecule has 1 aromatic heterocycles. The average Bonchev–Trinajstić information content (AvgIpc) is 2.56. The molecule has 0 aromatic carbocycles. The summed E-state index contributed by atoms with van der Waals surface area (Å²) in [5, 5.41) is 0. The summed E-state index contributed by atoms with van der Waals surface area (Å²) in [6.45, 7) is 2.11. The van der Waals surface area contributed by atoms with Gasteiger partial charge in [0, 0.05) is 18.0 Å². The second kappa shape index (κ2) is 4.26. The molecule has 5 heteroatoms. The van der Waals surface area contributed by atoms with E-state index >= 15 is 0 Å². The minimum Gasteiger partial charge on any atom is -0.385 e. The lowest BCUT2D eigenvalue weighted by molar-refractivity contribution is 0.213. The summed E-state index contributed by atoms with van der Waals surface area (Å²) in [6.07, 6.45) is 8.62. The lowest BCUT2D eigenvalue weighted by Gasteiger charge is -2.23. The van der Waals surface area contributed by atoms with Gasteiger partial charge >= 0.3 is 6.03 Å². The molecule has 2 rings (SSSR count). The molecule has 17 heavy (non-hydrogen) atoms. The molecule has 86 valence electrons. The third kappa shape index (κ3) is 1.85. The number of amidine groups is 1. The fourth-order valence-corrected chi connectivity index (χ4v) is 1.85. The topological polar surface area (TPSA) is 71.6 Å². The molecular weight excluding hydrogens is 216 g/mol. The van der Waals surface area contributed by atoms with Crippen LogP contribution in [0.2, 0.25) is 0 Å². The number of aliphatic imine (C=N–C) groups is 1. The molecule has 0 spiro atoms. The summed E-state index contributed by atoms with van der Waals surface area (Å²) >= 11 is 0. The van der Waals surface area contributed by atoms with Crippen molar-refractivity contribution in [2.24, 2.45) is 10.7 Å². The number of hydrogen-bond donors (Lipinski definition) is 1. The molecular formula is C12H12N4O. The lowest BCUT2D eigenvalue weighted by atomic mass is 10.0. The molecule has 1 aliphatic rings. The van der Waals surface area contributed by atoms with E-state index in [1.807, 2.05) is 13.0 Å². The first kappa shape index (κ1) is 11.1. The van der Waals surface area contributed by atoms with Gasteiger partial charge in [0.15, 0.2) is 0 Å². The number of aromatic nitrogens is 1. The largest absolute Gasteiger partial charge is 0.385 e. The van der Waals surface area contributed by atoms with Crippen molar-refractivity contribution in [1.82, 2.24) is 9.88 Å². The van der Waals surface area contributed by atoms with Gasteiger partial charge in [-0.25, -0.2) is 4.79 Å². The fraction of sp³-hybridized carbons (Fsp3) is 0.250. The maximum absolute atomic E-state index is 11.6. The first-order valence-electron chi connectivity index (χ1n) is 5.13. The Morgan fingerprint density at radius 1 is 1.65 bits per heavy atom. The molecule has 1 aliphatic heterocycles. The van der Waals surface area contributed by atoms with Crippen LogP contribution in [-0.2, 0) is 0 Å². The van der Waals surface area contributed by atoms with Gasteiger partial charge in [-0.2, -0.15) is 4.99 Å². The second-order valence-corrected chi connectivity index (χ2v) is 3.79. The van der Waals surface area contributed by atoms with Crippen molar-refractivity contribution < 1.29 is 4.79 Å². The molecule has 0 fully saturated rings. The van der Waals surface area contributed by atoms with E-state index in [0.29, 0.717) is 0 Å². The Morgan fingerprint density at radius 3 is 3.06 bits per heavy atom. The predicted octanol–water partition coefficient (Wildman–Crippen LogP) is 0.857. The van der Waals surface area contributed by atoms with Crippen LogP contribution in [0.1, 0.15) is 17.2 Å². The monoisotopic (exact) mass is 228 g/mol. The first-order chi connectivity index (χ1) is 8.15. The molecule has 1 aromatic rings. The Hall–Kier alpha value is -2.35. The summed E-state index contributed by atoms with van der Waals surface area (Å²) in [6, 6.07) is 1.07. The van der Waals surface area contributed by atoms with Gasteiger partial charge in [-0.15, -0.1) is 6.42 Å². The fourth-order valence-electron chi connectivity index (χ4n) is 1.85. The number of nitrogens with zero attached hydrogens (tertiary/aromatic N) is 3. The highest BCUT2D eigenvalue weighted by Crippen LogP contribution is 2.27. The molecule has 0 bridgehead atoms. The van der Waals surface area contributed by atoms with Gasteiger partial charge < -0.3 is 5.73 Å². The van der Waals surface area contributed by atoms with Gasteiger partial charge in [0.05, 0.1) is 6.54 Å². The minimum absolute atomic E-state index is 0.183. The minimum atomic E-state index is -0.396. The smallest absolute Gasteiger partial charge is 0.346 e. The van der Waals surface area contributed by atoms with Gasteiger partial charge in [0.25, 0.3) is 0 Å². The van der Waals surface area contributed by atoms with Crippen LogP contribution < -0.4 is 5.73 Å². The quantitative estimate of drug-likeness (QED) is 0.763. The molecule has 0 saturated heterocycles. The van der Waals surface area contributed by atoms with Gasteiger partial charge in [-0.05, 0) is 18.6 Å². The van der Waals surface area contributed by atoms with Crippen LogP contribution in [-0.4, -0.2) is 28.3 Å². The van der Waals surface area contributed by atoms with Crippen LogP contribution in [0.5, 0.6) is 0 Å². The number of nitrogens with two attached hydrogens (primary N) is 1. The van der Waals surface area contributed by atoms with Crippen LogP contribution >= 0.6 is 0 Å². The van der Waals surface area contributed by atoms with Crippen molar-refractivity contribution in [1.29, 1.82) is 0 Å². The molecule has 5 nitrogen and oxygen atoms in total. The van der Waals surface area contributed by atoms with Crippen molar-refractivity contribution in [3.8, 4) is 12.3 Å². The van der Waals surface area contributed by atoms with Gasteiger partial charge in [0.1, 0.15) is 11.9 Å². The third-order valence-electron chi connectivity index (χ3n) is 2.70. The maximum Gasteiger partial charge on any atom is 0.346 e.